The summed E-state index contributed by atoms with van der Waals surface area (Å²) in [7, 11) is 0. The molecule has 0 saturated heterocycles. The van der Waals surface area contributed by atoms with Gasteiger partial charge in [0.25, 0.3) is 0 Å². The summed E-state index contributed by atoms with van der Waals surface area (Å²) in [4.78, 5) is 18.4. The molecule has 30 heavy (non-hydrogen) atoms. The van der Waals surface area contributed by atoms with E-state index in [1.165, 1.54) is 11.6 Å². The number of carbonyl (C=O) groups excluding carboxylic acids is 1. The summed E-state index contributed by atoms with van der Waals surface area (Å²) >= 11 is 0. The number of halogens is 1. The monoisotopic (exact) mass is 398 g/mol. The van der Waals surface area contributed by atoms with E-state index in [1.807, 2.05) is 30.3 Å². The molecule has 5 rings (SSSR count). The Balaban J connectivity index is 1.60. The first kappa shape index (κ1) is 18.7. The number of benzene rings is 3. The molecule has 1 N–H and O–H groups in total. The van der Waals surface area contributed by atoms with E-state index in [0.29, 0.717) is 18.4 Å². The Morgan fingerprint density at radius 1 is 0.933 bits per heavy atom. The van der Waals surface area contributed by atoms with Gasteiger partial charge in [0, 0.05) is 12.1 Å². The van der Waals surface area contributed by atoms with Crippen LogP contribution >= 0.6 is 0 Å². The molecule has 2 aliphatic rings. The lowest BCUT2D eigenvalue weighted by molar-refractivity contribution is -0.122. The Kier molecular flexibility index (Phi) is 4.70. The van der Waals surface area contributed by atoms with Crippen molar-refractivity contribution in [3.63, 3.8) is 0 Å². The van der Waals surface area contributed by atoms with Crippen LogP contribution in [0, 0.1) is 18.7 Å². The van der Waals surface area contributed by atoms with E-state index in [4.69, 9.17) is 4.99 Å². The maximum atomic E-state index is 14.5. The van der Waals surface area contributed by atoms with Gasteiger partial charge in [-0.3, -0.25) is 9.79 Å². The topological polar surface area (TPSA) is 41.5 Å². The third-order valence-corrected chi connectivity index (χ3v) is 6.20. The zero-order chi connectivity index (χ0) is 20.7. The number of hydrogen-bond acceptors (Lipinski definition) is 3. The molecule has 1 heterocycles. The highest BCUT2D eigenvalue weighted by atomic mass is 19.1. The molecule has 150 valence electrons. The number of ketones is 1. The van der Waals surface area contributed by atoms with Crippen molar-refractivity contribution in [2.24, 2.45) is 10.9 Å². The van der Waals surface area contributed by atoms with Gasteiger partial charge in [-0.2, -0.15) is 0 Å². The van der Waals surface area contributed by atoms with Gasteiger partial charge in [0.2, 0.25) is 0 Å². The van der Waals surface area contributed by atoms with Crippen LogP contribution in [0.15, 0.2) is 77.8 Å². The van der Waals surface area contributed by atoms with E-state index < -0.39 is 0 Å². The molecule has 1 aliphatic heterocycles. The Hall–Kier alpha value is -3.27. The number of fused-ring (bicyclic) bond motifs is 2. The molecule has 0 amide bonds. The normalized spacial score (nSPS) is 22.9. The minimum atomic E-state index is -0.358. The van der Waals surface area contributed by atoms with Gasteiger partial charge in [-0.1, -0.05) is 60.2 Å². The standard InChI is InChI=1S/C26H23FN2O/c1-16-10-12-17(13-11-16)26-25-23(28-21-8-4-5-9-22(21)29-26)14-18(15-24(25)30)19-6-2-3-7-20(19)27/h2-13,18,25-26,29H,14-15H2,1H3/t18-,25-,26-/m0/s1. The zero-order valence-corrected chi connectivity index (χ0v) is 16.8. The third-order valence-electron chi connectivity index (χ3n) is 6.20. The maximum absolute atomic E-state index is 14.5. The molecule has 0 aromatic heterocycles. The number of carbonyl (C=O) groups is 1. The van der Waals surface area contributed by atoms with Crippen molar-refractivity contribution in [2.75, 3.05) is 5.32 Å². The Morgan fingerprint density at radius 2 is 1.67 bits per heavy atom. The summed E-state index contributed by atoms with van der Waals surface area (Å²) in [6.07, 6.45) is 0.903. The first-order valence-corrected chi connectivity index (χ1v) is 10.4. The summed E-state index contributed by atoms with van der Waals surface area (Å²) < 4.78 is 14.5. The Morgan fingerprint density at radius 3 is 2.47 bits per heavy atom. The molecule has 1 aliphatic carbocycles. The summed E-state index contributed by atoms with van der Waals surface area (Å²) in [6.45, 7) is 2.05. The fraction of sp³-hybridized carbons (Fsp3) is 0.231. The van der Waals surface area contributed by atoms with Crippen molar-refractivity contribution in [1.82, 2.24) is 0 Å². The zero-order valence-electron chi connectivity index (χ0n) is 16.8. The average Bonchev–Trinajstić information content (AvgIpc) is 2.91. The van der Waals surface area contributed by atoms with Crippen LogP contribution in [0.25, 0.3) is 0 Å². The van der Waals surface area contributed by atoms with Crippen LogP contribution in [-0.2, 0) is 4.79 Å². The number of aliphatic imine (C=N–C) groups is 1. The highest BCUT2D eigenvalue weighted by Gasteiger charge is 2.42. The number of rotatable bonds is 2. The molecular formula is C26H23FN2O. The number of Topliss-reactive ketones (excluding diaryl/α,β-unsaturated/α-hetero) is 1. The van der Waals surface area contributed by atoms with Crippen LogP contribution in [0.3, 0.4) is 0 Å². The smallest absolute Gasteiger partial charge is 0.144 e. The number of nitrogens with one attached hydrogen (secondary N) is 1. The molecule has 0 unspecified atom stereocenters. The van der Waals surface area contributed by atoms with Crippen molar-refractivity contribution in [1.29, 1.82) is 0 Å². The number of nitrogens with zero attached hydrogens (tertiary/aromatic N) is 1. The lowest BCUT2D eigenvalue weighted by Crippen LogP contribution is -2.38. The van der Waals surface area contributed by atoms with Crippen LogP contribution in [-0.4, -0.2) is 11.5 Å². The van der Waals surface area contributed by atoms with Crippen LogP contribution in [0.5, 0.6) is 0 Å². The van der Waals surface area contributed by atoms with Gasteiger partial charge >= 0.3 is 0 Å². The van der Waals surface area contributed by atoms with Crippen LogP contribution in [0.2, 0.25) is 0 Å². The molecule has 3 nitrogen and oxygen atoms in total. The molecule has 1 fully saturated rings. The second kappa shape index (κ2) is 7.52. The molecule has 4 heteroatoms. The fourth-order valence-corrected chi connectivity index (χ4v) is 4.68. The number of aryl methyl sites for hydroxylation is 1. The van der Waals surface area contributed by atoms with Gasteiger partial charge in [-0.15, -0.1) is 0 Å². The lowest BCUT2D eigenvalue weighted by Gasteiger charge is -2.34. The van der Waals surface area contributed by atoms with Crippen molar-refractivity contribution < 1.29 is 9.18 Å². The van der Waals surface area contributed by atoms with Crippen LogP contribution < -0.4 is 5.32 Å². The van der Waals surface area contributed by atoms with Gasteiger partial charge < -0.3 is 5.32 Å². The van der Waals surface area contributed by atoms with Gasteiger partial charge in [0.15, 0.2) is 0 Å². The van der Waals surface area contributed by atoms with E-state index >= 15 is 0 Å². The van der Waals surface area contributed by atoms with Gasteiger partial charge in [0.05, 0.1) is 23.3 Å². The van der Waals surface area contributed by atoms with E-state index in [2.05, 4.69) is 36.5 Å². The quantitative estimate of drug-likeness (QED) is 0.564. The fourth-order valence-electron chi connectivity index (χ4n) is 4.68. The lowest BCUT2D eigenvalue weighted by atomic mass is 9.72. The van der Waals surface area contributed by atoms with Crippen LogP contribution in [0.4, 0.5) is 15.8 Å². The molecule has 3 aromatic carbocycles. The minimum absolute atomic E-state index is 0.110. The van der Waals surface area contributed by atoms with E-state index in [0.717, 1.165) is 22.6 Å². The molecule has 0 radical (unpaired) electrons. The third kappa shape index (κ3) is 3.32. The predicted molar refractivity (Wildman–Crippen MR) is 118 cm³/mol. The van der Waals surface area contributed by atoms with Crippen molar-refractivity contribution in [2.45, 2.75) is 31.7 Å². The van der Waals surface area contributed by atoms with Gasteiger partial charge in [-0.25, -0.2) is 4.39 Å². The van der Waals surface area contributed by atoms with Crippen molar-refractivity contribution in [3.05, 3.63) is 95.3 Å². The Bertz CT molecular complexity index is 1140. The van der Waals surface area contributed by atoms with Crippen molar-refractivity contribution >= 4 is 22.9 Å². The van der Waals surface area contributed by atoms with Crippen molar-refractivity contribution in [3.8, 4) is 0 Å². The molecule has 3 aromatic rings. The number of para-hydroxylation sites is 2. The summed E-state index contributed by atoms with van der Waals surface area (Å²) in [5, 5.41) is 3.58. The minimum Gasteiger partial charge on any atom is -0.375 e. The molecule has 0 bridgehead atoms. The average molecular weight is 398 g/mol. The van der Waals surface area contributed by atoms with E-state index in [1.54, 1.807) is 12.1 Å². The molecule has 3 atom stereocenters. The largest absolute Gasteiger partial charge is 0.375 e. The number of anilines is 1. The predicted octanol–water partition coefficient (Wildman–Crippen LogP) is 6.14. The second-order valence-electron chi connectivity index (χ2n) is 8.22. The Labute approximate surface area is 175 Å². The second-order valence-corrected chi connectivity index (χ2v) is 8.22. The molecule has 1 saturated carbocycles. The highest BCUT2D eigenvalue weighted by molar-refractivity contribution is 6.10. The van der Waals surface area contributed by atoms with E-state index in [-0.39, 0.29) is 29.5 Å². The van der Waals surface area contributed by atoms with E-state index in [9.17, 15) is 9.18 Å². The van der Waals surface area contributed by atoms with Gasteiger partial charge in [0.1, 0.15) is 11.6 Å². The van der Waals surface area contributed by atoms with Gasteiger partial charge in [-0.05, 0) is 48.6 Å². The molecule has 0 spiro atoms. The van der Waals surface area contributed by atoms with Crippen LogP contribution in [0.1, 0.15) is 41.5 Å². The molecular weight excluding hydrogens is 375 g/mol. The maximum Gasteiger partial charge on any atom is 0.144 e. The highest BCUT2D eigenvalue weighted by Crippen LogP contribution is 2.44. The number of hydrogen-bond donors (Lipinski definition) is 1. The first-order chi connectivity index (χ1) is 14.6. The SMILES string of the molecule is Cc1ccc([C@@H]2Nc3ccccc3N=C3C[C@H](c4ccccc4F)CC(=O)[C@H]32)cc1. The first-order valence-electron chi connectivity index (χ1n) is 10.4. The summed E-state index contributed by atoms with van der Waals surface area (Å²) in [6, 6.07) is 22.7. The summed E-state index contributed by atoms with van der Waals surface area (Å²) in [5.41, 5.74) is 5.42. The summed E-state index contributed by atoms with van der Waals surface area (Å²) in [5.74, 6) is -0.684.